The number of aromatic nitrogens is 1. The predicted molar refractivity (Wildman–Crippen MR) is 170 cm³/mol. The van der Waals surface area contributed by atoms with E-state index in [4.69, 9.17) is 33.2 Å². The van der Waals surface area contributed by atoms with E-state index >= 15 is 9.59 Å². The molecule has 0 amide bonds. The molecule has 6 rings (SSSR count). The number of aromatic amines is 1. The lowest BCUT2D eigenvalue weighted by molar-refractivity contribution is -0.255. The Morgan fingerprint density at radius 1 is 0.809 bits per heavy atom. The number of cyclic esters (lactones) is 2. The number of esters is 3. The Morgan fingerprint density at radius 2 is 1.38 bits per heavy atom. The van der Waals surface area contributed by atoms with Gasteiger partial charge in [-0.1, -0.05) is 18.2 Å². The first-order valence-electron chi connectivity index (χ1n) is 15.2. The second-order valence-electron chi connectivity index (χ2n) is 11.9. The van der Waals surface area contributed by atoms with Crippen molar-refractivity contribution in [2.24, 2.45) is 5.41 Å². The summed E-state index contributed by atoms with van der Waals surface area (Å²) in [6, 6.07) is 17.6. The number of ether oxygens (including phenoxy) is 7. The molecule has 3 atom stereocenters. The van der Waals surface area contributed by atoms with Crippen LogP contribution in [0.4, 0.5) is 0 Å². The average molecular weight is 644 g/mol. The lowest BCUT2D eigenvalue weighted by atomic mass is 9.51. The molecule has 2 aliphatic rings. The zero-order valence-electron chi connectivity index (χ0n) is 27.3. The van der Waals surface area contributed by atoms with Crippen molar-refractivity contribution in [1.29, 1.82) is 0 Å². The molecule has 4 aromatic rings. The van der Waals surface area contributed by atoms with Crippen molar-refractivity contribution in [3.05, 3.63) is 83.0 Å². The Labute approximate surface area is 272 Å². The van der Waals surface area contributed by atoms with E-state index in [0.717, 1.165) is 0 Å². The number of hydrogen-bond acceptors (Lipinski definition) is 10. The summed E-state index contributed by atoms with van der Waals surface area (Å²) < 4.78 is 40.6. The minimum absolute atomic E-state index is 0.0505. The maximum Gasteiger partial charge on any atom is 0.328 e. The van der Waals surface area contributed by atoms with Gasteiger partial charge in [0.15, 0.2) is 5.41 Å². The number of benzene rings is 3. The van der Waals surface area contributed by atoms with E-state index in [1.165, 1.54) is 42.3 Å². The summed E-state index contributed by atoms with van der Waals surface area (Å²) >= 11 is 0. The number of fused-ring (bicyclic) bond motifs is 3. The highest BCUT2D eigenvalue weighted by Crippen LogP contribution is 2.66. The maximum atomic E-state index is 15.0. The smallest absolute Gasteiger partial charge is 0.328 e. The molecule has 1 aromatic heterocycles. The predicted octanol–water partition coefficient (Wildman–Crippen LogP) is 5.60. The topological polar surface area (TPSA) is 132 Å². The number of rotatable bonds is 8. The van der Waals surface area contributed by atoms with Crippen LogP contribution in [0.5, 0.6) is 23.0 Å². The SMILES string of the molecule is CCOC(=O)[C@@H]1c2[nH]c3ccccc3c2[C@@H](c2cc(OC)ccc2OC)C2(C(=O)OC(C)(C)OC2=O)[C@H]1c1cc(OC)ccc1OC. The van der Waals surface area contributed by atoms with Crippen molar-refractivity contribution in [2.75, 3.05) is 35.0 Å². The molecule has 0 saturated carbocycles. The van der Waals surface area contributed by atoms with Crippen molar-refractivity contribution in [2.45, 2.75) is 44.3 Å². The first-order chi connectivity index (χ1) is 22.6. The van der Waals surface area contributed by atoms with Crippen LogP contribution in [-0.4, -0.2) is 63.7 Å². The summed E-state index contributed by atoms with van der Waals surface area (Å²) in [6.07, 6.45) is 0. The Kier molecular flexibility index (Phi) is 8.03. The van der Waals surface area contributed by atoms with Gasteiger partial charge in [0.05, 0.1) is 35.0 Å². The van der Waals surface area contributed by atoms with Crippen LogP contribution in [-0.2, 0) is 28.6 Å². The van der Waals surface area contributed by atoms with Gasteiger partial charge in [-0.05, 0) is 55.0 Å². The van der Waals surface area contributed by atoms with E-state index in [-0.39, 0.29) is 6.61 Å². The fourth-order valence-electron chi connectivity index (χ4n) is 7.25. The first kappa shape index (κ1) is 31.8. The molecule has 1 aliphatic carbocycles. The summed E-state index contributed by atoms with van der Waals surface area (Å²) in [5, 5.41) is 0.688. The molecule has 3 aromatic carbocycles. The van der Waals surface area contributed by atoms with Crippen LogP contribution < -0.4 is 18.9 Å². The highest BCUT2D eigenvalue weighted by atomic mass is 16.7. The van der Waals surface area contributed by atoms with Crippen LogP contribution >= 0.6 is 0 Å². The first-order valence-corrected chi connectivity index (χ1v) is 15.2. The molecule has 246 valence electrons. The number of methoxy groups -OCH3 is 4. The quantitative estimate of drug-likeness (QED) is 0.191. The van der Waals surface area contributed by atoms with Gasteiger partial charge in [0.25, 0.3) is 5.79 Å². The van der Waals surface area contributed by atoms with Crippen LogP contribution in [0.3, 0.4) is 0 Å². The minimum atomic E-state index is -2.22. The molecule has 1 N–H and O–H groups in total. The van der Waals surface area contributed by atoms with Crippen LogP contribution in [0.25, 0.3) is 10.9 Å². The van der Waals surface area contributed by atoms with E-state index in [9.17, 15) is 4.79 Å². The maximum absolute atomic E-state index is 15.0. The molecule has 2 heterocycles. The van der Waals surface area contributed by atoms with Crippen LogP contribution in [0.2, 0.25) is 0 Å². The van der Waals surface area contributed by atoms with Crippen molar-refractivity contribution >= 4 is 28.8 Å². The molecule has 11 heteroatoms. The fourth-order valence-corrected chi connectivity index (χ4v) is 7.25. The summed E-state index contributed by atoms with van der Waals surface area (Å²) in [6.45, 7) is 4.72. The Hall–Kier alpha value is -5.19. The molecular formula is C36H37NO10. The fraction of sp³-hybridized carbons (Fsp3) is 0.361. The third kappa shape index (κ3) is 4.83. The number of carbonyl (C=O) groups excluding carboxylic acids is 3. The second kappa shape index (κ2) is 11.9. The van der Waals surface area contributed by atoms with E-state index in [1.807, 2.05) is 24.3 Å². The molecule has 0 radical (unpaired) electrons. The van der Waals surface area contributed by atoms with Gasteiger partial charge < -0.3 is 38.1 Å². The summed E-state index contributed by atoms with van der Waals surface area (Å²) in [5.41, 5.74) is 0.243. The van der Waals surface area contributed by atoms with Crippen molar-refractivity contribution in [3.8, 4) is 23.0 Å². The number of hydrogen-bond donors (Lipinski definition) is 1. The Bertz CT molecular complexity index is 1850. The van der Waals surface area contributed by atoms with Gasteiger partial charge in [0.1, 0.15) is 28.9 Å². The molecule has 1 saturated heterocycles. The van der Waals surface area contributed by atoms with Gasteiger partial charge in [0.2, 0.25) is 0 Å². The average Bonchev–Trinajstić information content (AvgIpc) is 3.44. The van der Waals surface area contributed by atoms with Crippen molar-refractivity contribution in [3.63, 3.8) is 0 Å². The molecule has 0 unspecified atom stereocenters. The third-order valence-corrected chi connectivity index (χ3v) is 9.07. The van der Waals surface area contributed by atoms with Gasteiger partial charge in [-0.25, -0.2) is 0 Å². The second-order valence-corrected chi connectivity index (χ2v) is 11.9. The monoisotopic (exact) mass is 643 g/mol. The van der Waals surface area contributed by atoms with Gasteiger partial charge in [-0.2, -0.15) is 0 Å². The lowest BCUT2D eigenvalue weighted by Gasteiger charge is -2.52. The highest BCUT2D eigenvalue weighted by Gasteiger charge is 2.72. The van der Waals surface area contributed by atoms with Crippen molar-refractivity contribution in [1.82, 2.24) is 4.98 Å². The van der Waals surface area contributed by atoms with Crippen LogP contribution in [0.15, 0.2) is 60.7 Å². The number of para-hydroxylation sites is 1. The largest absolute Gasteiger partial charge is 0.497 e. The molecule has 1 spiro atoms. The van der Waals surface area contributed by atoms with Crippen molar-refractivity contribution < 1.29 is 47.5 Å². The molecule has 11 nitrogen and oxygen atoms in total. The normalized spacial score (nSPS) is 21.0. The van der Waals surface area contributed by atoms with Gasteiger partial charge in [-0.15, -0.1) is 0 Å². The number of H-pyrrole nitrogens is 1. The molecule has 1 aliphatic heterocycles. The van der Waals surface area contributed by atoms with Gasteiger partial charge >= 0.3 is 17.9 Å². The van der Waals surface area contributed by atoms with Crippen LogP contribution in [0, 0.1) is 5.41 Å². The van der Waals surface area contributed by atoms with E-state index in [2.05, 4.69) is 4.98 Å². The summed E-state index contributed by atoms with van der Waals surface area (Å²) in [7, 11) is 5.99. The molecule has 47 heavy (non-hydrogen) atoms. The summed E-state index contributed by atoms with van der Waals surface area (Å²) in [5.74, 6) is -6.09. The molecular weight excluding hydrogens is 606 g/mol. The number of carbonyl (C=O) groups is 3. The Morgan fingerprint density at radius 3 is 1.96 bits per heavy atom. The summed E-state index contributed by atoms with van der Waals surface area (Å²) in [4.78, 5) is 47.9. The standard InChI is InChI=1S/C36H37NO10/c1-8-45-32(38)28-30(23-18-20(42-5)14-16-26(23)44-7)36(33(39)46-35(2,3)47-34(36)40)29(22-17-19(41-4)13-15-25(22)43-6)27-21-11-9-10-12-24(21)37-31(27)28/h9-18,28-30,37H,8H2,1-7H3/t28-,29+,30-/m0/s1. The minimum Gasteiger partial charge on any atom is -0.497 e. The lowest BCUT2D eigenvalue weighted by Crippen LogP contribution is -2.62. The zero-order valence-corrected chi connectivity index (χ0v) is 27.3. The third-order valence-electron chi connectivity index (χ3n) is 9.07. The molecule has 0 bridgehead atoms. The Balaban J connectivity index is 1.86. The zero-order chi connectivity index (χ0) is 33.7. The molecule has 1 fully saturated rings. The highest BCUT2D eigenvalue weighted by molar-refractivity contribution is 6.08. The van der Waals surface area contributed by atoms with Gasteiger partial charge in [0, 0.05) is 53.4 Å². The van der Waals surface area contributed by atoms with E-state index < -0.39 is 46.9 Å². The number of nitrogens with one attached hydrogen (secondary N) is 1. The van der Waals surface area contributed by atoms with E-state index in [0.29, 0.717) is 56.3 Å². The van der Waals surface area contributed by atoms with E-state index in [1.54, 1.807) is 43.3 Å². The van der Waals surface area contributed by atoms with Crippen LogP contribution in [0.1, 0.15) is 60.9 Å². The van der Waals surface area contributed by atoms with Gasteiger partial charge in [-0.3, -0.25) is 14.4 Å².